The number of anilines is 1. The van der Waals surface area contributed by atoms with Gasteiger partial charge in [-0.3, -0.25) is 9.97 Å². The van der Waals surface area contributed by atoms with Gasteiger partial charge >= 0.3 is 0 Å². The van der Waals surface area contributed by atoms with Gasteiger partial charge in [0.25, 0.3) is 0 Å². The topological polar surface area (TPSA) is 51.8 Å². The van der Waals surface area contributed by atoms with Crippen LogP contribution in [0, 0.1) is 12.7 Å². The standard InChI is InChI=1S/C11H10FN3/c1-7-5-15-11(6-14-7)9-3-2-8(12)4-10(9)13/h2-6H,13H2,1H3. The molecule has 3 nitrogen and oxygen atoms in total. The summed E-state index contributed by atoms with van der Waals surface area (Å²) in [6, 6.07) is 4.23. The predicted octanol–water partition coefficient (Wildman–Crippen LogP) is 2.17. The average Bonchev–Trinajstić information content (AvgIpc) is 2.20. The van der Waals surface area contributed by atoms with Gasteiger partial charge in [-0.25, -0.2) is 4.39 Å². The van der Waals surface area contributed by atoms with Crippen molar-refractivity contribution in [1.29, 1.82) is 0 Å². The highest BCUT2D eigenvalue weighted by Gasteiger charge is 2.04. The Labute approximate surface area is 86.8 Å². The fourth-order valence-electron chi connectivity index (χ4n) is 1.30. The van der Waals surface area contributed by atoms with Crippen LogP contribution in [0.5, 0.6) is 0 Å². The molecule has 0 aliphatic heterocycles. The van der Waals surface area contributed by atoms with Crippen LogP contribution in [0.2, 0.25) is 0 Å². The summed E-state index contributed by atoms with van der Waals surface area (Å²) in [5.41, 5.74) is 8.23. The zero-order valence-corrected chi connectivity index (χ0v) is 8.24. The maximum absolute atomic E-state index is 12.8. The lowest BCUT2D eigenvalue weighted by molar-refractivity contribution is 0.628. The van der Waals surface area contributed by atoms with Gasteiger partial charge in [0.2, 0.25) is 0 Å². The SMILES string of the molecule is Cc1cnc(-c2ccc(F)cc2N)cn1. The van der Waals surface area contributed by atoms with Crippen LogP contribution < -0.4 is 5.73 Å². The average molecular weight is 203 g/mol. The van der Waals surface area contributed by atoms with Gasteiger partial charge in [-0.05, 0) is 25.1 Å². The lowest BCUT2D eigenvalue weighted by atomic mass is 10.1. The van der Waals surface area contributed by atoms with Crippen molar-refractivity contribution < 1.29 is 4.39 Å². The van der Waals surface area contributed by atoms with Crippen molar-refractivity contribution in [3.05, 3.63) is 42.1 Å². The van der Waals surface area contributed by atoms with E-state index in [1.165, 1.54) is 12.1 Å². The first-order valence-electron chi connectivity index (χ1n) is 4.51. The lowest BCUT2D eigenvalue weighted by Gasteiger charge is -2.04. The van der Waals surface area contributed by atoms with Gasteiger partial charge in [0, 0.05) is 17.4 Å². The zero-order chi connectivity index (χ0) is 10.8. The van der Waals surface area contributed by atoms with E-state index >= 15 is 0 Å². The molecule has 0 amide bonds. The second-order valence-corrected chi connectivity index (χ2v) is 3.27. The number of aromatic nitrogens is 2. The predicted molar refractivity (Wildman–Crippen MR) is 56.6 cm³/mol. The number of benzene rings is 1. The molecule has 4 heteroatoms. The Morgan fingerprint density at radius 2 is 2.00 bits per heavy atom. The number of rotatable bonds is 1. The second kappa shape index (κ2) is 3.65. The summed E-state index contributed by atoms with van der Waals surface area (Å²) in [5.74, 6) is -0.351. The van der Waals surface area contributed by atoms with Crippen LogP contribution in [0.25, 0.3) is 11.3 Å². The summed E-state index contributed by atoms with van der Waals surface area (Å²) in [6.07, 6.45) is 3.27. The molecule has 2 N–H and O–H groups in total. The summed E-state index contributed by atoms with van der Waals surface area (Å²) >= 11 is 0. The Bertz CT molecular complexity index is 480. The van der Waals surface area contributed by atoms with E-state index in [9.17, 15) is 4.39 Å². The van der Waals surface area contributed by atoms with E-state index in [0.717, 1.165) is 5.69 Å². The highest BCUT2D eigenvalue weighted by atomic mass is 19.1. The van der Waals surface area contributed by atoms with Crippen molar-refractivity contribution in [3.63, 3.8) is 0 Å². The lowest BCUT2D eigenvalue weighted by Crippen LogP contribution is -1.94. The number of nitrogens with two attached hydrogens (primary N) is 1. The van der Waals surface area contributed by atoms with Gasteiger partial charge in [0.1, 0.15) is 5.82 Å². The number of hydrogen-bond acceptors (Lipinski definition) is 3. The van der Waals surface area contributed by atoms with E-state index in [-0.39, 0.29) is 5.82 Å². The maximum atomic E-state index is 12.8. The molecule has 0 aliphatic carbocycles. The van der Waals surface area contributed by atoms with Crippen LogP contribution >= 0.6 is 0 Å². The summed E-state index contributed by atoms with van der Waals surface area (Å²) < 4.78 is 12.8. The highest BCUT2D eigenvalue weighted by Crippen LogP contribution is 2.23. The molecule has 0 spiro atoms. The molecule has 0 bridgehead atoms. The van der Waals surface area contributed by atoms with Crippen molar-refractivity contribution >= 4 is 5.69 Å². The molecule has 0 aliphatic rings. The third-order valence-corrected chi connectivity index (χ3v) is 2.07. The minimum absolute atomic E-state index is 0.351. The molecular formula is C11H10FN3. The largest absolute Gasteiger partial charge is 0.398 e. The van der Waals surface area contributed by atoms with E-state index in [1.807, 2.05) is 6.92 Å². The second-order valence-electron chi connectivity index (χ2n) is 3.27. The van der Waals surface area contributed by atoms with Crippen molar-refractivity contribution in [2.45, 2.75) is 6.92 Å². The normalized spacial score (nSPS) is 10.3. The van der Waals surface area contributed by atoms with Gasteiger partial charge < -0.3 is 5.73 Å². The Balaban J connectivity index is 2.49. The molecule has 0 atom stereocenters. The van der Waals surface area contributed by atoms with Gasteiger partial charge in [-0.2, -0.15) is 0 Å². The highest BCUT2D eigenvalue weighted by molar-refractivity contribution is 5.72. The third-order valence-electron chi connectivity index (χ3n) is 2.07. The first-order chi connectivity index (χ1) is 7.16. The van der Waals surface area contributed by atoms with E-state index in [4.69, 9.17) is 5.73 Å². The van der Waals surface area contributed by atoms with Crippen LogP contribution in [0.4, 0.5) is 10.1 Å². The van der Waals surface area contributed by atoms with Crippen molar-refractivity contribution in [2.24, 2.45) is 0 Å². The number of nitrogen functional groups attached to an aromatic ring is 1. The first-order valence-corrected chi connectivity index (χ1v) is 4.51. The summed E-state index contributed by atoms with van der Waals surface area (Å²) in [7, 11) is 0. The summed E-state index contributed by atoms with van der Waals surface area (Å²) in [6.45, 7) is 1.85. The van der Waals surface area contributed by atoms with E-state index in [1.54, 1.807) is 18.5 Å². The molecule has 0 saturated heterocycles. The fraction of sp³-hybridized carbons (Fsp3) is 0.0909. The zero-order valence-electron chi connectivity index (χ0n) is 8.24. The molecule has 1 heterocycles. The molecule has 0 unspecified atom stereocenters. The Morgan fingerprint density at radius 1 is 1.20 bits per heavy atom. The van der Waals surface area contributed by atoms with Crippen molar-refractivity contribution in [3.8, 4) is 11.3 Å². The molecule has 2 rings (SSSR count). The van der Waals surface area contributed by atoms with Crippen molar-refractivity contribution in [1.82, 2.24) is 9.97 Å². The van der Waals surface area contributed by atoms with E-state index in [0.29, 0.717) is 16.9 Å². The van der Waals surface area contributed by atoms with Gasteiger partial charge in [-0.15, -0.1) is 0 Å². The first kappa shape index (κ1) is 9.58. The van der Waals surface area contributed by atoms with Crippen LogP contribution in [-0.4, -0.2) is 9.97 Å². The molecule has 15 heavy (non-hydrogen) atoms. The summed E-state index contributed by atoms with van der Waals surface area (Å²) in [4.78, 5) is 8.28. The molecular weight excluding hydrogens is 193 g/mol. The molecule has 1 aromatic heterocycles. The van der Waals surface area contributed by atoms with Crippen LogP contribution in [0.1, 0.15) is 5.69 Å². The number of hydrogen-bond donors (Lipinski definition) is 1. The molecule has 2 aromatic rings. The molecule has 76 valence electrons. The third kappa shape index (κ3) is 1.93. The molecule has 0 radical (unpaired) electrons. The molecule has 0 saturated carbocycles. The fourth-order valence-corrected chi connectivity index (χ4v) is 1.30. The Morgan fingerprint density at radius 3 is 2.60 bits per heavy atom. The van der Waals surface area contributed by atoms with E-state index < -0.39 is 0 Å². The van der Waals surface area contributed by atoms with Gasteiger partial charge in [-0.1, -0.05) is 0 Å². The maximum Gasteiger partial charge on any atom is 0.125 e. The number of nitrogens with zero attached hydrogens (tertiary/aromatic N) is 2. The van der Waals surface area contributed by atoms with Crippen molar-refractivity contribution in [2.75, 3.05) is 5.73 Å². The quantitative estimate of drug-likeness (QED) is 0.722. The monoisotopic (exact) mass is 203 g/mol. The van der Waals surface area contributed by atoms with Gasteiger partial charge in [0.15, 0.2) is 0 Å². The number of halogens is 1. The summed E-state index contributed by atoms with van der Waals surface area (Å²) in [5, 5.41) is 0. The van der Waals surface area contributed by atoms with Crippen LogP contribution in [-0.2, 0) is 0 Å². The number of aryl methyl sites for hydroxylation is 1. The Hall–Kier alpha value is -1.97. The van der Waals surface area contributed by atoms with Crippen LogP contribution in [0.15, 0.2) is 30.6 Å². The van der Waals surface area contributed by atoms with Gasteiger partial charge in [0.05, 0.1) is 17.6 Å². The van der Waals surface area contributed by atoms with Crippen LogP contribution in [0.3, 0.4) is 0 Å². The Kier molecular flexibility index (Phi) is 2.33. The van der Waals surface area contributed by atoms with E-state index in [2.05, 4.69) is 9.97 Å². The minimum Gasteiger partial charge on any atom is -0.398 e. The minimum atomic E-state index is -0.351. The molecule has 1 aromatic carbocycles. The molecule has 0 fully saturated rings. The smallest absolute Gasteiger partial charge is 0.125 e.